The molecule has 1 aliphatic heterocycles. The highest BCUT2D eigenvalue weighted by Gasteiger charge is 2.47. The zero-order valence-corrected chi connectivity index (χ0v) is 18.2. The zero-order valence-electron chi connectivity index (χ0n) is 16.6. The molecular formula is C22H19FN2O4S2. The fraction of sp³-hybridized carbons (Fsp3) is 0.182. The van der Waals surface area contributed by atoms with Gasteiger partial charge in [0.25, 0.3) is 5.91 Å². The van der Waals surface area contributed by atoms with Crippen LogP contribution in [0.5, 0.6) is 0 Å². The molecule has 0 N–H and O–H groups in total. The van der Waals surface area contributed by atoms with Gasteiger partial charge in [0.1, 0.15) is 11.9 Å². The van der Waals surface area contributed by atoms with Crippen molar-refractivity contribution in [1.29, 1.82) is 0 Å². The molecule has 1 aromatic heterocycles. The van der Waals surface area contributed by atoms with E-state index in [0.29, 0.717) is 0 Å². The second-order valence-corrected chi connectivity index (χ2v) is 10.1. The van der Waals surface area contributed by atoms with Crippen LogP contribution in [0.1, 0.15) is 16.9 Å². The van der Waals surface area contributed by atoms with E-state index in [9.17, 15) is 22.4 Å². The number of nitrogens with zero attached hydrogens (tertiary/aromatic N) is 2. The third kappa shape index (κ3) is 4.16. The van der Waals surface area contributed by atoms with Crippen molar-refractivity contribution in [2.24, 2.45) is 0 Å². The minimum Gasteiger partial charge on any atom is -0.274 e. The molecule has 0 saturated carbocycles. The van der Waals surface area contributed by atoms with E-state index in [1.54, 1.807) is 24.3 Å². The maximum Gasteiger partial charge on any atom is 0.252 e. The molecule has 31 heavy (non-hydrogen) atoms. The Bertz CT molecular complexity index is 1210. The standard InChI is InChI=1S/C22H19FN2O4S2/c1-15-4-10-19(11-5-15)31(28,29)24(14-18-3-2-12-30-18)20-13-21(26)25(22(20)27)17-8-6-16(23)7-9-17/h2-12,20H,13-14H2,1H3. The average molecular weight is 459 g/mol. The zero-order chi connectivity index (χ0) is 22.2. The molecule has 1 aliphatic rings. The Morgan fingerprint density at radius 2 is 1.74 bits per heavy atom. The molecule has 1 unspecified atom stereocenters. The molecule has 1 saturated heterocycles. The maximum absolute atomic E-state index is 13.5. The molecule has 2 aromatic carbocycles. The second-order valence-electron chi connectivity index (χ2n) is 7.21. The highest BCUT2D eigenvalue weighted by atomic mass is 32.2. The summed E-state index contributed by atoms with van der Waals surface area (Å²) in [6.45, 7) is 1.81. The van der Waals surface area contributed by atoms with E-state index in [4.69, 9.17) is 0 Å². The molecule has 0 radical (unpaired) electrons. The van der Waals surface area contributed by atoms with E-state index in [2.05, 4.69) is 0 Å². The van der Waals surface area contributed by atoms with Gasteiger partial charge in [0, 0.05) is 11.4 Å². The second kappa shape index (κ2) is 8.33. The van der Waals surface area contributed by atoms with Crippen molar-refractivity contribution in [2.45, 2.75) is 30.8 Å². The normalized spacial score (nSPS) is 17.0. The topological polar surface area (TPSA) is 74.8 Å². The van der Waals surface area contributed by atoms with Gasteiger partial charge >= 0.3 is 0 Å². The summed E-state index contributed by atoms with van der Waals surface area (Å²) < 4.78 is 41.4. The molecule has 1 fully saturated rings. The third-order valence-corrected chi connectivity index (χ3v) is 7.80. The number of anilines is 1. The van der Waals surface area contributed by atoms with Crippen LogP contribution in [0, 0.1) is 12.7 Å². The number of hydrogen-bond acceptors (Lipinski definition) is 5. The van der Waals surface area contributed by atoms with E-state index >= 15 is 0 Å². The molecular weight excluding hydrogens is 439 g/mol. The van der Waals surface area contributed by atoms with Crippen LogP contribution in [0.3, 0.4) is 0 Å². The number of carbonyl (C=O) groups excluding carboxylic acids is 2. The van der Waals surface area contributed by atoms with Gasteiger partial charge in [-0.1, -0.05) is 23.8 Å². The van der Waals surface area contributed by atoms with Gasteiger partial charge in [0.2, 0.25) is 15.9 Å². The summed E-state index contributed by atoms with van der Waals surface area (Å²) in [4.78, 5) is 27.6. The van der Waals surface area contributed by atoms with Gasteiger partial charge in [-0.25, -0.2) is 17.7 Å². The maximum atomic E-state index is 13.5. The number of carbonyl (C=O) groups is 2. The van der Waals surface area contributed by atoms with Gasteiger partial charge in [0.15, 0.2) is 0 Å². The summed E-state index contributed by atoms with van der Waals surface area (Å²) in [6, 6.07) is 13.7. The van der Waals surface area contributed by atoms with Crippen molar-refractivity contribution in [1.82, 2.24) is 4.31 Å². The Morgan fingerprint density at radius 3 is 2.35 bits per heavy atom. The Hall–Kier alpha value is -2.88. The number of hydrogen-bond donors (Lipinski definition) is 0. The highest BCUT2D eigenvalue weighted by Crippen LogP contribution is 2.31. The van der Waals surface area contributed by atoms with Gasteiger partial charge in [-0.2, -0.15) is 4.31 Å². The molecule has 160 valence electrons. The molecule has 2 amide bonds. The number of amides is 2. The Labute approximate surface area is 183 Å². The summed E-state index contributed by atoms with van der Waals surface area (Å²) in [5.41, 5.74) is 1.11. The van der Waals surface area contributed by atoms with E-state index in [1.807, 2.05) is 12.3 Å². The minimum atomic E-state index is -4.07. The first-order valence-electron chi connectivity index (χ1n) is 9.50. The molecule has 0 aliphatic carbocycles. The van der Waals surface area contributed by atoms with Gasteiger partial charge < -0.3 is 0 Å². The first-order chi connectivity index (χ1) is 14.8. The Kier molecular flexibility index (Phi) is 5.74. The quantitative estimate of drug-likeness (QED) is 0.528. The Morgan fingerprint density at radius 1 is 1.06 bits per heavy atom. The van der Waals surface area contributed by atoms with Crippen LogP contribution in [0.4, 0.5) is 10.1 Å². The Balaban J connectivity index is 1.73. The summed E-state index contributed by atoms with van der Waals surface area (Å²) in [7, 11) is -4.07. The van der Waals surface area contributed by atoms with Crippen LogP contribution in [-0.4, -0.2) is 30.6 Å². The predicted octanol–water partition coefficient (Wildman–Crippen LogP) is 3.72. The number of rotatable bonds is 6. The van der Waals surface area contributed by atoms with E-state index in [0.717, 1.165) is 31.8 Å². The third-order valence-electron chi connectivity index (χ3n) is 5.07. The van der Waals surface area contributed by atoms with Crippen molar-refractivity contribution in [3.05, 3.63) is 82.3 Å². The lowest BCUT2D eigenvalue weighted by atomic mass is 10.2. The van der Waals surface area contributed by atoms with Gasteiger partial charge in [0.05, 0.1) is 17.0 Å². The summed E-state index contributed by atoms with van der Waals surface area (Å²) in [6.07, 6.45) is -0.285. The molecule has 2 heterocycles. The lowest BCUT2D eigenvalue weighted by molar-refractivity contribution is -0.122. The predicted molar refractivity (Wildman–Crippen MR) is 116 cm³/mol. The van der Waals surface area contributed by atoms with Crippen molar-refractivity contribution in [3.8, 4) is 0 Å². The monoisotopic (exact) mass is 458 g/mol. The van der Waals surface area contributed by atoms with Gasteiger partial charge in [-0.3, -0.25) is 9.59 Å². The first kappa shape index (κ1) is 21.4. The average Bonchev–Trinajstić information content (AvgIpc) is 3.35. The molecule has 3 aromatic rings. The van der Waals surface area contributed by atoms with E-state index in [-0.39, 0.29) is 23.5 Å². The lowest BCUT2D eigenvalue weighted by Gasteiger charge is -2.26. The van der Waals surface area contributed by atoms with Crippen molar-refractivity contribution >= 4 is 38.9 Å². The molecule has 4 rings (SSSR count). The number of sulfonamides is 1. The smallest absolute Gasteiger partial charge is 0.252 e. The summed E-state index contributed by atoms with van der Waals surface area (Å²) in [5, 5.41) is 1.82. The van der Waals surface area contributed by atoms with E-state index < -0.39 is 33.7 Å². The van der Waals surface area contributed by atoms with Crippen LogP contribution in [0.25, 0.3) is 0 Å². The van der Waals surface area contributed by atoms with E-state index in [1.165, 1.54) is 35.6 Å². The van der Waals surface area contributed by atoms with Gasteiger partial charge in [-0.15, -0.1) is 11.3 Å². The van der Waals surface area contributed by atoms with Gasteiger partial charge in [-0.05, 0) is 54.8 Å². The molecule has 0 spiro atoms. The van der Waals surface area contributed by atoms with Crippen LogP contribution in [-0.2, 0) is 26.2 Å². The van der Waals surface area contributed by atoms with Crippen LogP contribution >= 0.6 is 11.3 Å². The van der Waals surface area contributed by atoms with Crippen LogP contribution < -0.4 is 4.90 Å². The minimum absolute atomic E-state index is 0.0329. The largest absolute Gasteiger partial charge is 0.274 e. The fourth-order valence-electron chi connectivity index (χ4n) is 3.47. The molecule has 9 heteroatoms. The number of halogens is 1. The summed E-state index contributed by atoms with van der Waals surface area (Å²) in [5.74, 6) is -1.68. The molecule has 1 atom stereocenters. The number of benzene rings is 2. The van der Waals surface area contributed by atoms with Crippen molar-refractivity contribution in [2.75, 3.05) is 4.90 Å². The van der Waals surface area contributed by atoms with Crippen LogP contribution in [0.2, 0.25) is 0 Å². The fourth-order valence-corrected chi connectivity index (χ4v) is 5.81. The van der Waals surface area contributed by atoms with Crippen molar-refractivity contribution in [3.63, 3.8) is 0 Å². The number of aryl methyl sites for hydroxylation is 1. The highest BCUT2D eigenvalue weighted by molar-refractivity contribution is 7.89. The first-order valence-corrected chi connectivity index (χ1v) is 11.8. The van der Waals surface area contributed by atoms with Crippen molar-refractivity contribution < 1.29 is 22.4 Å². The molecule has 6 nitrogen and oxygen atoms in total. The lowest BCUT2D eigenvalue weighted by Crippen LogP contribution is -2.44. The summed E-state index contributed by atoms with van der Waals surface area (Å²) >= 11 is 1.37. The SMILES string of the molecule is Cc1ccc(S(=O)(=O)N(Cc2cccs2)C2CC(=O)N(c3ccc(F)cc3)C2=O)cc1. The molecule has 0 bridgehead atoms. The number of imide groups is 1. The number of thiophene rings is 1. The van der Waals surface area contributed by atoms with Crippen LogP contribution in [0.15, 0.2) is 70.9 Å².